The van der Waals surface area contributed by atoms with Crippen molar-refractivity contribution < 1.29 is 24.5 Å². The Bertz CT molecular complexity index is 997. The highest BCUT2D eigenvalue weighted by molar-refractivity contribution is 6.32. The molecule has 4 rings (SSSR count). The fourth-order valence-corrected chi connectivity index (χ4v) is 6.44. The van der Waals surface area contributed by atoms with Crippen LogP contribution in [-0.4, -0.2) is 56.8 Å². The maximum absolute atomic E-state index is 13.7. The Morgan fingerprint density at radius 3 is 2.62 bits per heavy atom. The molecular weight excluding hydrogens is 492 g/mol. The van der Waals surface area contributed by atoms with Crippen LogP contribution in [0.25, 0.3) is 6.08 Å². The Hall–Kier alpha value is -1.80. The molecule has 1 aliphatic carbocycles. The zero-order valence-corrected chi connectivity index (χ0v) is 22.9. The van der Waals surface area contributed by atoms with E-state index in [0.717, 1.165) is 25.7 Å². The molecule has 7 atom stereocenters. The molecule has 2 saturated heterocycles. The van der Waals surface area contributed by atoms with E-state index in [2.05, 4.69) is 17.2 Å². The van der Waals surface area contributed by atoms with Gasteiger partial charge in [-0.15, -0.1) is 0 Å². The molecule has 1 aromatic rings. The third kappa shape index (κ3) is 6.11. The molecule has 2 unspecified atom stereocenters. The monoisotopic (exact) mass is 532 g/mol. The summed E-state index contributed by atoms with van der Waals surface area (Å²) in [5, 5.41) is 25.8. The molecule has 0 aromatic carbocycles. The fraction of sp³-hybridized carbons (Fsp3) is 0.690. The highest BCUT2D eigenvalue weighted by Gasteiger charge is 2.54. The maximum Gasteiger partial charge on any atom is 0.223 e. The minimum absolute atomic E-state index is 0.0522. The first-order valence-electron chi connectivity index (χ1n) is 13.8. The van der Waals surface area contributed by atoms with Crippen molar-refractivity contribution in [3.05, 3.63) is 35.1 Å². The molecule has 3 N–H and O–H groups in total. The van der Waals surface area contributed by atoms with Gasteiger partial charge in [-0.1, -0.05) is 44.4 Å². The molecule has 1 amide bonds. The summed E-state index contributed by atoms with van der Waals surface area (Å²) in [6.07, 6.45) is 6.66. The Kier molecular flexibility index (Phi) is 8.79. The lowest BCUT2D eigenvalue weighted by molar-refractivity contribution is -0.155. The molecule has 1 saturated carbocycles. The largest absolute Gasteiger partial charge is 0.392 e. The van der Waals surface area contributed by atoms with Crippen LogP contribution in [0.2, 0.25) is 0 Å². The number of ketones is 1. The summed E-state index contributed by atoms with van der Waals surface area (Å²) < 4.78 is 6.08. The standard InChI is InChI=1S/C29H41ClN2O5/c1-4-20-26(35)18(2)9-7-11-28(3)24(37-28)16-22(21(30)15-19-10-5-6-14-31-19)32-25(34)17-23(33)29(27(20)36)12-8-13-29/h5-6,10,14-15,18,20,22-24,26,33,35H,4,7-9,11-13,16-17H2,1-3H3,(H,32,34)/t18-,20+,22-,23-,24?,26-,28?/m0/s1. The predicted octanol–water partition coefficient (Wildman–Crippen LogP) is 4.39. The Balaban J connectivity index is 1.60. The number of hydrogen-bond donors (Lipinski definition) is 3. The van der Waals surface area contributed by atoms with Gasteiger partial charge in [-0.2, -0.15) is 0 Å². The van der Waals surface area contributed by atoms with E-state index >= 15 is 0 Å². The van der Waals surface area contributed by atoms with Crippen LogP contribution in [0.5, 0.6) is 0 Å². The number of carbonyl (C=O) groups is 2. The summed E-state index contributed by atoms with van der Waals surface area (Å²) in [7, 11) is 0. The smallest absolute Gasteiger partial charge is 0.223 e. The summed E-state index contributed by atoms with van der Waals surface area (Å²) in [5.41, 5.74) is -0.607. The van der Waals surface area contributed by atoms with Gasteiger partial charge in [0.2, 0.25) is 5.91 Å². The van der Waals surface area contributed by atoms with E-state index in [0.29, 0.717) is 36.4 Å². The summed E-state index contributed by atoms with van der Waals surface area (Å²) in [6.45, 7) is 5.97. The van der Waals surface area contributed by atoms with Crippen LogP contribution in [-0.2, 0) is 14.3 Å². The average molecular weight is 533 g/mol. The third-order valence-electron chi connectivity index (χ3n) is 8.98. The van der Waals surface area contributed by atoms with Gasteiger partial charge in [0.1, 0.15) is 5.78 Å². The molecule has 2 aliphatic heterocycles. The SMILES string of the molecule is CC[C@H]1C(=O)C2(CCC2)[C@@H](O)CC(=O)N[C@H](C(Cl)=Cc2ccccn2)CC2OC2(C)CCC[C@H](C)[C@@H]1O. The molecule has 7 nitrogen and oxygen atoms in total. The van der Waals surface area contributed by atoms with E-state index in [1.165, 1.54) is 0 Å². The molecule has 0 radical (unpaired) electrons. The number of halogens is 1. The lowest BCUT2D eigenvalue weighted by Crippen LogP contribution is -2.54. The van der Waals surface area contributed by atoms with Crippen molar-refractivity contribution in [1.82, 2.24) is 10.3 Å². The number of epoxide rings is 1. The van der Waals surface area contributed by atoms with Crippen molar-refractivity contribution in [2.24, 2.45) is 17.3 Å². The van der Waals surface area contributed by atoms with Crippen molar-refractivity contribution in [2.45, 2.75) is 109 Å². The first-order chi connectivity index (χ1) is 17.6. The van der Waals surface area contributed by atoms with Crippen molar-refractivity contribution >= 4 is 29.4 Å². The second-order valence-electron chi connectivity index (χ2n) is 11.5. The van der Waals surface area contributed by atoms with Crippen LogP contribution in [0, 0.1) is 17.3 Å². The number of carbonyl (C=O) groups excluding carboxylic acids is 2. The number of hydrogen-bond acceptors (Lipinski definition) is 6. The second-order valence-corrected chi connectivity index (χ2v) is 12.0. The van der Waals surface area contributed by atoms with Crippen LogP contribution in [0.1, 0.15) is 84.3 Å². The highest BCUT2D eigenvalue weighted by atomic mass is 35.5. The highest BCUT2D eigenvalue weighted by Crippen LogP contribution is 2.49. The molecule has 1 aromatic heterocycles. The number of rotatable bonds is 3. The zero-order chi connectivity index (χ0) is 26.8. The number of aliphatic hydroxyl groups excluding tert-OH is 2. The summed E-state index contributed by atoms with van der Waals surface area (Å²) in [4.78, 5) is 31.2. The van der Waals surface area contributed by atoms with Gasteiger partial charge in [-0.05, 0) is 63.2 Å². The molecule has 204 valence electrons. The molecule has 8 heteroatoms. The van der Waals surface area contributed by atoms with Gasteiger partial charge in [-0.3, -0.25) is 14.6 Å². The Morgan fingerprint density at radius 1 is 1.24 bits per heavy atom. The summed E-state index contributed by atoms with van der Waals surface area (Å²) in [6, 6.07) is 5.03. The van der Waals surface area contributed by atoms with Gasteiger partial charge in [0, 0.05) is 23.6 Å². The summed E-state index contributed by atoms with van der Waals surface area (Å²) in [5.74, 6) is -1.07. The maximum atomic E-state index is 13.7. The van der Waals surface area contributed by atoms with E-state index in [1.807, 2.05) is 32.0 Å². The number of aromatic nitrogens is 1. The van der Waals surface area contributed by atoms with E-state index < -0.39 is 29.6 Å². The van der Waals surface area contributed by atoms with Gasteiger partial charge in [-0.25, -0.2) is 0 Å². The minimum Gasteiger partial charge on any atom is -0.392 e. The topological polar surface area (TPSA) is 112 Å². The van der Waals surface area contributed by atoms with E-state index in [9.17, 15) is 19.8 Å². The molecule has 3 fully saturated rings. The number of pyridine rings is 1. The van der Waals surface area contributed by atoms with Crippen LogP contribution in [0.3, 0.4) is 0 Å². The minimum atomic E-state index is -1.11. The molecule has 0 bridgehead atoms. The number of amides is 1. The molecule has 1 spiro atoms. The van der Waals surface area contributed by atoms with Crippen LogP contribution >= 0.6 is 11.6 Å². The quantitative estimate of drug-likeness (QED) is 0.498. The number of fused-ring (bicyclic) bond motifs is 1. The van der Waals surface area contributed by atoms with Gasteiger partial charge >= 0.3 is 0 Å². The molecule has 37 heavy (non-hydrogen) atoms. The molecular formula is C29H41ClN2O5. The van der Waals surface area contributed by atoms with Gasteiger partial charge in [0.15, 0.2) is 0 Å². The number of ether oxygens (including phenoxy) is 1. The third-order valence-corrected chi connectivity index (χ3v) is 9.36. The first kappa shape index (κ1) is 28.2. The lowest BCUT2D eigenvalue weighted by atomic mass is 9.58. The Labute approximate surface area is 225 Å². The first-order valence-corrected chi connectivity index (χ1v) is 14.1. The predicted molar refractivity (Wildman–Crippen MR) is 143 cm³/mol. The zero-order valence-electron chi connectivity index (χ0n) is 22.2. The fourth-order valence-electron chi connectivity index (χ4n) is 6.19. The van der Waals surface area contributed by atoms with Crippen LogP contribution in [0.15, 0.2) is 29.4 Å². The number of Topliss-reactive ketones (excluding diaryl/α,β-unsaturated/α-hetero) is 1. The number of nitrogens with one attached hydrogen (secondary N) is 1. The Morgan fingerprint density at radius 2 is 2.00 bits per heavy atom. The molecule has 3 heterocycles. The van der Waals surface area contributed by atoms with Crippen molar-refractivity contribution in [2.75, 3.05) is 0 Å². The average Bonchev–Trinajstić information content (AvgIpc) is 3.46. The second kappa shape index (κ2) is 11.5. The molecule has 3 aliphatic rings. The van der Waals surface area contributed by atoms with Crippen molar-refractivity contribution in [3.8, 4) is 0 Å². The van der Waals surface area contributed by atoms with E-state index in [-0.39, 0.29) is 35.7 Å². The van der Waals surface area contributed by atoms with Gasteiger partial charge < -0.3 is 20.3 Å². The van der Waals surface area contributed by atoms with Crippen molar-refractivity contribution in [3.63, 3.8) is 0 Å². The number of nitrogens with zero attached hydrogens (tertiary/aromatic N) is 1. The normalized spacial score (nSPS) is 37.4. The van der Waals surface area contributed by atoms with Crippen LogP contribution in [0.4, 0.5) is 0 Å². The van der Waals surface area contributed by atoms with Crippen LogP contribution < -0.4 is 5.32 Å². The lowest BCUT2D eigenvalue weighted by Gasteiger charge is -2.46. The van der Waals surface area contributed by atoms with Gasteiger partial charge in [0.25, 0.3) is 0 Å². The van der Waals surface area contributed by atoms with Crippen molar-refractivity contribution in [1.29, 1.82) is 0 Å². The van der Waals surface area contributed by atoms with E-state index in [4.69, 9.17) is 16.3 Å². The van der Waals surface area contributed by atoms with E-state index in [1.54, 1.807) is 12.3 Å². The van der Waals surface area contributed by atoms with Gasteiger partial charge in [0.05, 0.1) is 47.5 Å². The number of aliphatic hydroxyl groups is 2. The summed E-state index contributed by atoms with van der Waals surface area (Å²) >= 11 is 6.72.